The van der Waals surface area contributed by atoms with Crippen molar-refractivity contribution in [3.63, 3.8) is 0 Å². The smallest absolute Gasteiger partial charge is 0.358 e. The highest BCUT2D eigenvalue weighted by atomic mass is 16.5. The van der Waals surface area contributed by atoms with Gasteiger partial charge in [0.2, 0.25) is 0 Å². The Hall–Kier alpha value is -4.07. The van der Waals surface area contributed by atoms with E-state index in [4.69, 9.17) is 14.2 Å². The summed E-state index contributed by atoms with van der Waals surface area (Å²) in [7, 11) is 2.75. The van der Waals surface area contributed by atoms with Crippen LogP contribution in [0.3, 0.4) is 0 Å². The molecule has 1 N–H and O–H groups in total. The van der Waals surface area contributed by atoms with Crippen molar-refractivity contribution in [2.45, 2.75) is 13.2 Å². The maximum absolute atomic E-state index is 12.0. The number of benzene rings is 2. The van der Waals surface area contributed by atoms with Crippen molar-refractivity contribution in [2.75, 3.05) is 14.2 Å². The molecule has 1 aromatic heterocycles. The summed E-state index contributed by atoms with van der Waals surface area (Å²) in [5, 5.41) is 9.65. The Bertz CT molecular complexity index is 1050. The monoisotopic (exact) mass is 423 g/mol. The molecule has 0 aliphatic heterocycles. The van der Waals surface area contributed by atoms with Crippen molar-refractivity contribution in [3.05, 3.63) is 83.2 Å². The van der Waals surface area contributed by atoms with Gasteiger partial charge in [0, 0.05) is 6.07 Å². The molecule has 0 atom stereocenters. The number of methoxy groups -OCH3 is 2. The average molecular weight is 423 g/mol. The Morgan fingerprint density at radius 2 is 1.55 bits per heavy atom. The summed E-state index contributed by atoms with van der Waals surface area (Å²) in [6, 6.07) is 17.7. The molecule has 31 heavy (non-hydrogen) atoms. The van der Waals surface area contributed by atoms with Gasteiger partial charge < -0.3 is 24.1 Å². The molecule has 0 saturated heterocycles. The van der Waals surface area contributed by atoms with E-state index in [9.17, 15) is 14.7 Å². The van der Waals surface area contributed by atoms with Crippen LogP contribution >= 0.6 is 0 Å². The second kappa shape index (κ2) is 10.1. The van der Waals surface area contributed by atoms with Crippen molar-refractivity contribution >= 4 is 11.9 Å². The maximum atomic E-state index is 12.0. The number of aromatic carboxylic acids is 1. The van der Waals surface area contributed by atoms with Crippen LogP contribution in [0.4, 0.5) is 0 Å². The summed E-state index contributed by atoms with van der Waals surface area (Å²) in [4.78, 5) is 27.7. The number of pyridine rings is 1. The molecule has 8 nitrogen and oxygen atoms in total. The first-order chi connectivity index (χ1) is 15.0. The number of rotatable bonds is 9. The van der Waals surface area contributed by atoms with Gasteiger partial charge in [-0.3, -0.25) is 0 Å². The fraction of sp³-hybridized carbons (Fsp3) is 0.174. The lowest BCUT2D eigenvalue weighted by molar-refractivity contribution is 0.0592. The number of esters is 1. The van der Waals surface area contributed by atoms with Gasteiger partial charge in [0.1, 0.15) is 19.0 Å². The highest BCUT2D eigenvalue weighted by Crippen LogP contribution is 2.33. The van der Waals surface area contributed by atoms with E-state index in [2.05, 4.69) is 9.72 Å². The Labute approximate surface area is 179 Å². The van der Waals surface area contributed by atoms with Crippen molar-refractivity contribution in [1.82, 2.24) is 4.98 Å². The summed E-state index contributed by atoms with van der Waals surface area (Å²) in [6.07, 6.45) is 0. The highest BCUT2D eigenvalue weighted by molar-refractivity contribution is 5.94. The molecule has 0 aliphatic carbocycles. The number of aromatic nitrogens is 1. The van der Waals surface area contributed by atoms with Crippen LogP contribution in [-0.2, 0) is 18.0 Å². The molecule has 0 amide bonds. The number of carbonyl (C=O) groups excluding carboxylic acids is 1. The molecule has 0 fully saturated rings. The van der Waals surface area contributed by atoms with E-state index in [0.717, 1.165) is 11.1 Å². The number of hydrogen-bond donors (Lipinski definition) is 1. The molecule has 1 heterocycles. The van der Waals surface area contributed by atoms with Crippen molar-refractivity contribution in [1.29, 1.82) is 0 Å². The predicted molar refractivity (Wildman–Crippen MR) is 111 cm³/mol. The van der Waals surface area contributed by atoms with E-state index in [1.165, 1.54) is 13.2 Å². The number of nitrogens with zero attached hydrogens (tertiary/aromatic N) is 1. The average Bonchev–Trinajstić information content (AvgIpc) is 2.81. The number of carbonyl (C=O) groups is 2. The first-order valence-electron chi connectivity index (χ1n) is 9.31. The van der Waals surface area contributed by atoms with Crippen LogP contribution in [0.5, 0.6) is 17.2 Å². The zero-order valence-electron chi connectivity index (χ0n) is 17.0. The first-order valence-corrected chi connectivity index (χ1v) is 9.31. The molecule has 0 saturated carbocycles. The highest BCUT2D eigenvalue weighted by Gasteiger charge is 2.24. The molecule has 3 aromatic rings. The third-order valence-corrected chi connectivity index (χ3v) is 4.32. The summed E-state index contributed by atoms with van der Waals surface area (Å²) in [5.41, 5.74) is 1.00. The standard InChI is InChI=1S/C23H21NO7/c1-28-17-10-8-16(9-11-17)13-30-19-12-18(23(27)29-2)24-20(22(25)26)21(19)31-14-15-6-4-3-5-7-15/h3-12H,13-14H2,1-2H3,(H,25,26). The molecular formula is C23H21NO7. The third-order valence-electron chi connectivity index (χ3n) is 4.32. The van der Waals surface area contributed by atoms with Gasteiger partial charge in [-0.05, 0) is 23.3 Å². The van der Waals surface area contributed by atoms with Crippen LogP contribution in [0.2, 0.25) is 0 Å². The molecule has 2 aromatic carbocycles. The van der Waals surface area contributed by atoms with Gasteiger partial charge in [0.15, 0.2) is 22.9 Å². The molecule has 0 unspecified atom stereocenters. The van der Waals surface area contributed by atoms with Gasteiger partial charge in [-0.2, -0.15) is 0 Å². The number of carboxylic acid groups (broad SMARTS) is 1. The van der Waals surface area contributed by atoms with Gasteiger partial charge in [-0.25, -0.2) is 14.6 Å². The van der Waals surface area contributed by atoms with Gasteiger partial charge in [-0.1, -0.05) is 42.5 Å². The molecule has 160 valence electrons. The minimum Gasteiger partial charge on any atom is -0.497 e. The second-order valence-electron chi connectivity index (χ2n) is 6.39. The molecule has 0 aliphatic rings. The van der Waals surface area contributed by atoms with E-state index in [1.54, 1.807) is 19.2 Å². The lowest BCUT2D eigenvalue weighted by atomic mass is 10.2. The molecule has 0 bridgehead atoms. The fourth-order valence-corrected chi connectivity index (χ4v) is 2.72. The van der Waals surface area contributed by atoms with Crippen LogP contribution in [0.15, 0.2) is 60.7 Å². The van der Waals surface area contributed by atoms with Crippen LogP contribution in [0.25, 0.3) is 0 Å². The SMILES string of the molecule is COC(=O)c1cc(OCc2ccc(OC)cc2)c(OCc2ccccc2)c(C(=O)O)n1. The molecular weight excluding hydrogens is 402 g/mol. The normalized spacial score (nSPS) is 10.3. The Morgan fingerprint density at radius 3 is 2.16 bits per heavy atom. The topological polar surface area (TPSA) is 104 Å². The summed E-state index contributed by atoms with van der Waals surface area (Å²) >= 11 is 0. The van der Waals surface area contributed by atoms with E-state index in [0.29, 0.717) is 5.75 Å². The van der Waals surface area contributed by atoms with Gasteiger partial charge in [-0.15, -0.1) is 0 Å². The van der Waals surface area contributed by atoms with Crippen LogP contribution < -0.4 is 14.2 Å². The first kappa shape index (κ1) is 21.6. The minimum absolute atomic E-state index is 0.0690. The number of ether oxygens (including phenoxy) is 4. The van der Waals surface area contributed by atoms with E-state index in [1.807, 2.05) is 42.5 Å². The van der Waals surface area contributed by atoms with E-state index in [-0.39, 0.29) is 30.4 Å². The quantitative estimate of drug-likeness (QED) is 0.519. The van der Waals surface area contributed by atoms with E-state index < -0.39 is 17.6 Å². The van der Waals surface area contributed by atoms with Crippen molar-refractivity contribution in [3.8, 4) is 17.2 Å². The van der Waals surface area contributed by atoms with Crippen molar-refractivity contribution in [2.24, 2.45) is 0 Å². The van der Waals surface area contributed by atoms with Crippen LogP contribution in [0.1, 0.15) is 32.1 Å². The Morgan fingerprint density at radius 1 is 0.903 bits per heavy atom. The molecule has 3 rings (SSSR count). The Balaban J connectivity index is 1.94. The van der Waals surface area contributed by atoms with E-state index >= 15 is 0 Å². The fourth-order valence-electron chi connectivity index (χ4n) is 2.72. The zero-order chi connectivity index (χ0) is 22.2. The van der Waals surface area contributed by atoms with Gasteiger partial charge >= 0.3 is 11.9 Å². The van der Waals surface area contributed by atoms with Crippen LogP contribution in [-0.4, -0.2) is 36.2 Å². The zero-order valence-corrected chi connectivity index (χ0v) is 17.0. The Kier molecular flexibility index (Phi) is 7.05. The predicted octanol–water partition coefficient (Wildman–Crippen LogP) is 3.73. The maximum Gasteiger partial charge on any atom is 0.358 e. The summed E-state index contributed by atoms with van der Waals surface area (Å²) in [5.74, 6) is -1.45. The second-order valence-corrected chi connectivity index (χ2v) is 6.39. The third kappa shape index (κ3) is 5.51. The molecule has 0 spiro atoms. The summed E-state index contributed by atoms with van der Waals surface area (Å²) in [6.45, 7) is 0.203. The lowest BCUT2D eigenvalue weighted by Gasteiger charge is -2.16. The van der Waals surface area contributed by atoms with Gasteiger partial charge in [0.05, 0.1) is 14.2 Å². The largest absolute Gasteiger partial charge is 0.497 e. The lowest BCUT2D eigenvalue weighted by Crippen LogP contribution is -2.13. The molecule has 8 heteroatoms. The van der Waals surface area contributed by atoms with Gasteiger partial charge in [0.25, 0.3) is 0 Å². The van der Waals surface area contributed by atoms with Crippen LogP contribution in [0, 0.1) is 0 Å². The number of carboxylic acids is 1. The summed E-state index contributed by atoms with van der Waals surface area (Å²) < 4.78 is 21.4. The minimum atomic E-state index is -1.36. The van der Waals surface area contributed by atoms with Crippen molar-refractivity contribution < 1.29 is 33.6 Å². The number of hydrogen-bond acceptors (Lipinski definition) is 7. The molecule has 0 radical (unpaired) electrons.